The molecule has 19 heavy (non-hydrogen) atoms. The van der Waals surface area contributed by atoms with E-state index in [4.69, 9.17) is 0 Å². The predicted molar refractivity (Wildman–Crippen MR) is 75.5 cm³/mol. The molecule has 0 amide bonds. The molecule has 2 nitrogen and oxygen atoms in total. The topological polar surface area (TPSA) is 15.3 Å². The van der Waals surface area contributed by atoms with Crippen LogP contribution in [0.3, 0.4) is 0 Å². The second-order valence-corrected chi connectivity index (χ2v) is 6.48. The van der Waals surface area contributed by atoms with Gasteiger partial charge in [-0.1, -0.05) is 13.8 Å². The Morgan fingerprint density at radius 2 is 1.95 bits per heavy atom. The first-order valence-electron chi connectivity index (χ1n) is 7.01. The van der Waals surface area contributed by atoms with E-state index in [1.165, 1.54) is 0 Å². The van der Waals surface area contributed by atoms with Crippen LogP contribution < -0.4 is 5.32 Å². The number of alkyl halides is 3. The predicted octanol–water partition coefficient (Wildman–Crippen LogP) is 3.48. The minimum Gasteiger partial charge on any atom is -0.310 e. The highest BCUT2D eigenvalue weighted by atomic mass is 32.2. The fourth-order valence-electron chi connectivity index (χ4n) is 2.63. The number of halogens is 3. The van der Waals surface area contributed by atoms with E-state index < -0.39 is 5.51 Å². The van der Waals surface area contributed by atoms with E-state index in [9.17, 15) is 13.2 Å². The standard InChI is InChI=1S/C13H25F3N2S/c1-4-12(5-2)10-18(11(3)6-7-17-12)8-9-19-13(14,15)16/h11,17H,4-10H2,1-3H3. The lowest BCUT2D eigenvalue weighted by Gasteiger charge is -2.37. The Hall–Kier alpha value is 0.0600. The van der Waals surface area contributed by atoms with Crippen molar-refractivity contribution in [1.82, 2.24) is 10.2 Å². The molecule has 0 aromatic heterocycles. The summed E-state index contributed by atoms with van der Waals surface area (Å²) in [6, 6.07) is 0.348. The Bertz CT molecular complexity index is 267. The van der Waals surface area contributed by atoms with Crippen LogP contribution in [0.5, 0.6) is 0 Å². The van der Waals surface area contributed by atoms with E-state index in [0.29, 0.717) is 12.6 Å². The lowest BCUT2D eigenvalue weighted by atomic mass is 9.92. The van der Waals surface area contributed by atoms with Crippen molar-refractivity contribution in [3.05, 3.63) is 0 Å². The second-order valence-electron chi connectivity index (χ2n) is 5.32. The molecule has 0 radical (unpaired) electrons. The zero-order valence-corrected chi connectivity index (χ0v) is 12.8. The molecule has 1 unspecified atom stereocenters. The van der Waals surface area contributed by atoms with Crippen molar-refractivity contribution in [2.75, 3.05) is 25.4 Å². The quantitative estimate of drug-likeness (QED) is 0.836. The summed E-state index contributed by atoms with van der Waals surface area (Å²) in [4.78, 5) is 2.21. The van der Waals surface area contributed by atoms with E-state index in [1.54, 1.807) is 0 Å². The average molecular weight is 298 g/mol. The van der Waals surface area contributed by atoms with Crippen LogP contribution in [0.4, 0.5) is 13.2 Å². The fourth-order valence-corrected chi connectivity index (χ4v) is 3.19. The number of thioether (sulfide) groups is 1. The van der Waals surface area contributed by atoms with Crippen LogP contribution in [0, 0.1) is 0 Å². The van der Waals surface area contributed by atoms with E-state index in [2.05, 4.69) is 31.0 Å². The molecule has 0 aromatic carbocycles. The molecule has 1 fully saturated rings. The Balaban J connectivity index is 2.57. The minimum absolute atomic E-state index is 0.0632. The van der Waals surface area contributed by atoms with Gasteiger partial charge in [0.25, 0.3) is 0 Å². The third-order valence-electron chi connectivity index (χ3n) is 4.19. The zero-order chi connectivity index (χ0) is 14.5. The van der Waals surface area contributed by atoms with Crippen LogP contribution in [-0.4, -0.2) is 47.4 Å². The Labute approximate surface area is 118 Å². The van der Waals surface area contributed by atoms with Gasteiger partial charge in [-0.3, -0.25) is 4.90 Å². The molecule has 0 aliphatic carbocycles. The lowest BCUT2D eigenvalue weighted by Crippen LogP contribution is -2.51. The number of nitrogens with zero attached hydrogens (tertiary/aromatic N) is 1. The largest absolute Gasteiger partial charge is 0.441 e. The summed E-state index contributed by atoms with van der Waals surface area (Å²) in [6.45, 7) is 8.71. The maximum Gasteiger partial charge on any atom is 0.441 e. The van der Waals surface area contributed by atoms with Crippen LogP contribution in [0.25, 0.3) is 0 Å². The maximum absolute atomic E-state index is 12.2. The van der Waals surface area contributed by atoms with Gasteiger partial charge in [-0.05, 0) is 44.5 Å². The van der Waals surface area contributed by atoms with Crippen molar-refractivity contribution >= 4 is 11.8 Å². The van der Waals surface area contributed by atoms with E-state index in [0.717, 1.165) is 32.4 Å². The van der Waals surface area contributed by atoms with Crippen LogP contribution in [0.1, 0.15) is 40.0 Å². The molecule has 6 heteroatoms. The van der Waals surface area contributed by atoms with Crippen LogP contribution in [-0.2, 0) is 0 Å². The molecule has 0 bridgehead atoms. The SMILES string of the molecule is CCC1(CC)CN(CCSC(F)(F)F)C(C)CCN1. The normalized spacial score (nSPS) is 25.3. The Morgan fingerprint density at radius 3 is 2.47 bits per heavy atom. The molecule has 1 aliphatic rings. The highest BCUT2D eigenvalue weighted by Crippen LogP contribution is 2.30. The second kappa shape index (κ2) is 7.18. The van der Waals surface area contributed by atoms with E-state index in [-0.39, 0.29) is 23.1 Å². The first kappa shape index (κ1) is 17.1. The number of hydrogen-bond donors (Lipinski definition) is 1. The molecular formula is C13H25F3N2S. The van der Waals surface area contributed by atoms with Gasteiger partial charge in [-0.15, -0.1) is 0 Å². The third-order valence-corrected chi connectivity index (χ3v) is 4.90. The smallest absolute Gasteiger partial charge is 0.310 e. The monoisotopic (exact) mass is 298 g/mol. The molecule has 1 heterocycles. The number of rotatable bonds is 5. The molecule has 0 saturated carbocycles. The van der Waals surface area contributed by atoms with Gasteiger partial charge in [-0.2, -0.15) is 13.2 Å². The van der Waals surface area contributed by atoms with E-state index >= 15 is 0 Å². The van der Waals surface area contributed by atoms with Crippen LogP contribution >= 0.6 is 11.8 Å². The van der Waals surface area contributed by atoms with Gasteiger partial charge in [0.05, 0.1) is 0 Å². The van der Waals surface area contributed by atoms with Crippen molar-refractivity contribution in [3.63, 3.8) is 0 Å². The van der Waals surface area contributed by atoms with Crippen LogP contribution in [0.2, 0.25) is 0 Å². The molecule has 1 N–H and O–H groups in total. The van der Waals surface area contributed by atoms with Crippen molar-refractivity contribution < 1.29 is 13.2 Å². The Kier molecular flexibility index (Phi) is 6.47. The summed E-state index contributed by atoms with van der Waals surface area (Å²) >= 11 is 0.0893. The average Bonchev–Trinajstić information content (AvgIpc) is 2.49. The summed E-state index contributed by atoms with van der Waals surface area (Å²) in [5.41, 5.74) is -4.05. The molecule has 0 aromatic rings. The summed E-state index contributed by atoms with van der Waals surface area (Å²) < 4.78 is 36.6. The summed E-state index contributed by atoms with van der Waals surface area (Å²) in [5.74, 6) is 0.122. The molecule has 0 spiro atoms. The van der Waals surface area contributed by atoms with Crippen molar-refractivity contribution in [1.29, 1.82) is 0 Å². The third kappa shape index (κ3) is 5.52. The van der Waals surface area contributed by atoms with Crippen molar-refractivity contribution in [2.45, 2.75) is 57.1 Å². The molecular weight excluding hydrogens is 273 g/mol. The molecule has 1 atom stereocenters. The van der Waals surface area contributed by atoms with Crippen molar-refractivity contribution in [2.24, 2.45) is 0 Å². The van der Waals surface area contributed by atoms with Crippen molar-refractivity contribution in [3.8, 4) is 0 Å². The highest BCUT2D eigenvalue weighted by Gasteiger charge is 2.34. The van der Waals surface area contributed by atoms with Gasteiger partial charge in [0.1, 0.15) is 0 Å². The highest BCUT2D eigenvalue weighted by molar-refractivity contribution is 8.00. The number of hydrogen-bond acceptors (Lipinski definition) is 3. The summed E-state index contributed by atoms with van der Waals surface area (Å²) in [6.07, 6.45) is 3.02. The number of nitrogens with one attached hydrogen (secondary N) is 1. The van der Waals surface area contributed by atoms with Gasteiger partial charge in [-0.25, -0.2) is 0 Å². The molecule has 1 aliphatic heterocycles. The fraction of sp³-hybridized carbons (Fsp3) is 1.00. The van der Waals surface area contributed by atoms with Crippen LogP contribution in [0.15, 0.2) is 0 Å². The van der Waals surface area contributed by atoms with Gasteiger partial charge >= 0.3 is 5.51 Å². The minimum atomic E-state index is -4.11. The van der Waals surface area contributed by atoms with Gasteiger partial charge in [0.2, 0.25) is 0 Å². The lowest BCUT2D eigenvalue weighted by molar-refractivity contribution is -0.0329. The first-order chi connectivity index (χ1) is 8.82. The maximum atomic E-state index is 12.2. The van der Waals surface area contributed by atoms with Gasteiger partial charge < -0.3 is 5.32 Å². The Morgan fingerprint density at radius 1 is 1.32 bits per heavy atom. The van der Waals surface area contributed by atoms with Gasteiger partial charge in [0, 0.05) is 30.4 Å². The molecule has 114 valence electrons. The first-order valence-corrected chi connectivity index (χ1v) is 8.00. The van der Waals surface area contributed by atoms with Gasteiger partial charge in [0.15, 0.2) is 0 Å². The molecule has 1 rings (SSSR count). The zero-order valence-electron chi connectivity index (χ0n) is 12.0. The van der Waals surface area contributed by atoms with E-state index in [1.807, 2.05) is 0 Å². The molecule has 1 saturated heterocycles. The summed E-state index contributed by atoms with van der Waals surface area (Å²) in [5, 5.41) is 3.59. The summed E-state index contributed by atoms with van der Waals surface area (Å²) in [7, 11) is 0.